The highest BCUT2D eigenvalue weighted by Gasteiger charge is 2.14. The number of nitrogens with one attached hydrogen (secondary N) is 1. The fourth-order valence-electron chi connectivity index (χ4n) is 1.98. The SMILES string of the molecule is CN(CCc1ccncc1)C(=O)CC(=O)Nc1ccc(F)cc1. The third-order valence-corrected chi connectivity index (χ3v) is 3.35. The van der Waals surface area contributed by atoms with Gasteiger partial charge in [-0.15, -0.1) is 0 Å². The molecular formula is C17H18FN3O2. The summed E-state index contributed by atoms with van der Waals surface area (Å²) in [5.74, 6) is -1.06. The van der Waals surface area contributed by atoms with Gasteiger partial charge in [0.1, 0.15) is 12.2 Å². The van der Waals surface area contributed by atoms with Crippen LogP contribution in [-0.2, 0) is 16.0 Å². The summed E-state index contributed by atoms with van der Waals surface area (Å²) in [4.78, 5) is 29.3. The molecule has 2 aromatic rings. The van der Waals surface area contributed by atoms with Crippen molar-refractivity contribution in [3.63, 3.8) is 0 Å². The smallest absolute Gasteiger partial charge is 0.233 e. The number of pyridine rings is 1. The predicted octanol–water partition coefficient (Wildman–Crippen LogP) is 2.25. The number of hydrogen-bond donors (Lipinski definition) is 1. The highest BCUT2D eigenvalue weighted by Crippen LogP contribution is 2.09. The van der Waals surface area contributed by atoms with Crippen LogP contribution in [0.25, 0.3) is 0 Å². The largest absolute Gasteiger partial charge is 0.345 e. The van der Waals surface area contributed by atoms with Gasteiger partial charge in [-0.2, -0.15) is 0 Å². The van der Waals surface area contributed by atoms with Crippen LogP contribution in [-0.4, -0.2) is 35.3 Å². The van der Waals surface area contributed by atoms with Crippen molar-refractivity contribution in [2.45, 2.75) is 12.8 Å². The summed E-state index contributed by atoms with van der Waals surface area (Å²) >= 11 is 0. The second-order valence-electron chi connectivity index (χ2n) is 5.15. The van der Waals surface area contributed by atoms with Crippen LogP contribution in [0.1, 0.15) is 12.0 Å². The summed E-state index contributed by atoms with van der Waals surface area (Å²) in [6.45, 7) is 0.521. The number of carbonyl (C=O) groups excluding carboxylic acids is 2. The fourth-order valence-corrected chi connectivity index (χ4v) is 1.98. The third kappa shape index (κ3) is 5.50. The van der Waals surface area contributed by atoms with E-state index in [-0.39, 0.29) is 18.1 Å². The Balaban J connectivity index is 1.78. The van der Waals surface area contributed by atoms with Gasteiger partial charge in [-0.25, -0.2) is 4.39 Å². The standard InChI is InChI=1S/C17H18FN3O2/c1-21(11-8-13-6-9-19-10-7-13)17(23)12-16(22)20-15-4-2-14(18)3-5-15/h2-7,9-10H,8,11-12H2,1H3,(H,20,22). The molecule has 0 fully saturated rings. The van der Waals surface area contributed by atoms with Crippen LogP contribution in [0.5, 0.6) is 0 Å². The molecule has 0 atom stereocenters. The maximum absolute atomic E-state index is 12.8. The molecule has 0 aliphatic carbocycles. The van der Waals surface area contributed by atoms with E-state index in [0.717, 1.165) is 5.56 Å². The maximum atomic E-state index is 12.8. The molecule has 23 heavy (non-hydrogen) atoms. The van der Waals surface area contributed by atoms with E-state index >= 15 is 0 Å². The van der Waals surface area contributed by atoms with Gasteiger partial charge in [0.25, 0.3) is 0 Å². The fraction of sp³-hybridized carbons (Fsp3) is 0.235. The first-order valence-corrected chi connectivity index (χ1v) is 7.23. The van der Waals surface area contributed by atoms with Crippen molar-refractivity contribution >= 4 is 17.5 Å². The topological polar surface area (TPSA) is 62.3 Å². The normalized spacial score (nSPS) is 10.2. The molecule has 120 valence electrons. The zero-order valence-electron chi connectivity index (χ0n) is 12.8. The van der Waals surface area contributed by atoms with Crippen LogP contribution < -0.4 is 5.32 Å². The van der Waals surface area contributed by atoms with Crippen molar-refractivity contribution < 1.29 is 14.0 Å². The molecule has 1 aromatic carbocycles. The van der Waals surface area contributed by atoms with Crippen molar-refractivity contribution in [1.82, 2.24) is 9.88 Å². The van der Waals surface area contributed by atoms with Gasteiger partial charge in [-0.1, -0.05) is 0 Å². The van der Waals surface area contributed by atoms with E-state index in [0.29, 0.717) is 18.7 Å². The van der Waals surface area contributed by atoms with E-state index in [4.69, 9.17) is 0 Å². The lowest BCUT2D eigenvalue weighted by Crippen LogP contribution is -2.32. The number of amides is 2. The summed E-state index contributed by atoms with van der Waals surface area (Å²) in [6.07, 6.45) is 3.86. The number of benzene rings is 1. The number of halogens is 1. The number of nitrogens with zero attached hydrogens (tertiary/aromatic N) is 2. The number of carbonyl (C=O) groups is 2. The van der Waals surface area contributed by atoms with Gasteiger partial charge in [0, 0.05) is 31.7 Å². The van der Waals surface area contributed by atoms with E-state index < -0.39 is 5.91 Å². The van der Waals surface area contributed by atoms with Crippen molar-refractivity contribution in [2.75, 3.05) is 18.9 Å². The number of likely N-dealkylation sites (N-methyl/N-ethyl adjacent to an activating group) is 1. The van der Waals surface area contributed by atoms with Gasteiger partial charge in [-0.05, 0) is 48.4 Å². The molecule has 2 amide bonds. The Bertz CT molecular complexity index is 659. The molecule has 5 nitrogen and oxygen atoms in total. The minimum atomic E-state index is -0.419. The Morgan fingerprint density at radius 3 is 2.43 bits per heavy atom. The maximum Gasteiger partial charge on any atom is 0.233 e. The first-order chi connectivity index (χ1) is 11.0. The first kappa shape index (κ1) is 16.6. The lowest BCUT2D eigenvalue weighted by atomic mass is 10.2. The third-order valence-electron chi connectivity index (χ3n) is 3.35. The molecule has 2 rings (SSSR count). The Kier molecular flexibility index (Phi) is 5.80. The highest BCUT2D eigenvalue weighted by molar-refractivity contribution is 6.03. The van der Waals surface area contributed by atoms with E-state index in [1.807, 2.05) is 12.1 Å². The Morgan fingerprint density at radius 1 is 1.13 bits per heavy atom. The van der Waals surface area contributed by atoms with Crippen LogP contribution in [0, 0.1) is 5.82 Å². The van der Waals surface area contributed by atoms with Crippen LogP contribution in [0.3, 0.4) is 0 Å². The van der Waals surface area contributed by atoms with Crippen LogP contribution in [0.15, 0.2) is 48.8 Å². The van der Waals surface area contributed by atoms with Crippen molar-refractivity contribution in [3.05, 3.63) is 60.2 Å². The molecule has 0 bridgehead atoms. The second-order valence-corrected chi connectivity index (χ2v) is 5.15. The minimum Gasteiger partial charge on any atom is -0.345 e. The molecule has 1 aromatic heterocycles. The van der Waals surface area contributed by atoms with Crippen molar-refractivity contribution in [3.8, 4) is 0 Å². The minimum absolute atomic E-state index is 0.246. The zero-order valence-corrected chi connectivity index (χ0v) is 12.8. The van der Waals surface area contributed by atoms with Gasteiger partial charge >= 0.3 is 0 Å². The van der Waals surface area contributed by atoms with Gasteiger partial charge in [0.15, 0.2) is 0 Å². The van der Waals surface area contributed by atoms with Gasteiger partial charge in [0.05, 0.1) is 0 Å². The van der Waals surface area contributed by atoms with Crippen LogP contribution in [0.4, 0.5) is 10.1 Å². The summed E-state index contributed by atoms with van der Waals surface area (Å²) in [6, 6.07) is 9.17. The molecule has 0 radical (unpaired) electrons. The average Bonchev–Trinajstić information content (AvgIpc) is 2.55. The zero-order chi connectivity index (χ0) is 16.7. The molecule has 0 aliphatic heterocycles. The van der Waals surface area contributed by atoms with E-state index in [1.165, 1.54) is 29.2 Å². The lowest BCUT2D eigenvalue weighted by Gasteiger charge is -2.17. The number of aromatic nitrogens is 1. The van der Waals surface area contributed by atoms with Crippen LogP contribution >= 0.6 is 0 Å². The highest BCUT2D eigenvalue weighted by atomic mass is 19.1. The number of rotatable bonds is 6. The first-order valence-electron chi connectivity index (χ1n) is 7.23. The second kappa shape index (κ2) is 8.03. The summed E-state index contributed by atoms with van der Waals surface area (Å²) < 4.78 is 12.8. The summed E-state index contributed by atoms with van der Waals surface area (Å²) in [5.41, 5.74) is 1.54. The Labute approximate surface area is 134 Å². The monoisotopic (exact) mass is 315 g/mol. The molecule has 0 saturated carbocycles. The summed E-state index contributed by atoms with van der Waals surface area (Å²) in [7, 11) is 1.66. The Morgan fingerprint density at radius 2 is 1.78 bits per heavy atom. The van der Waals surface area contributed by atoms with Crippen molar-refractivity contribution in [1.29, 1.82) is 0 Å². The Hall–Kier alpha value is -2.76. The van der Waals surface area contributed by atoms with Gasteiger partial charge in [-0.3, -0.25) is 14.6 Å². The quantitative estimate of drug-likeness (QED) is 0.832. The molecule has 0 saturated heterocycles. The lowest BCUT2D eigenvalue weighted by molar-refractivity contribution is -0.133. The molecular weight excluding hydrogens is 297 g/mol. The molecule has 0 spiro atoms. The van der Waals surface area contributed by atoms with Gasteiger partial charge < -0.3 is 10.2 Å². The van der Waals surface area contributed by atoms with Crippen LogP contribution in [0.2, 0.25) is 0 Å². The average molecular weight is 315 g/mol. The molecule has 0 aliphatic rings. The van der Waals surface area contributed by atoms with Gasteiger partial charge in [0.2, 0.25) is 11.8 Å². The van der Waals surface area contributed by atoms with E-state index in [9.17, 15) is 14.0 Å². The molecule has 1 N–H and O–H groups in total. The van der Waals surface area contributed by atoms with Crippen molar-refractivity contribution in [2.24, 2.45) is 0 Å². The predicted molar refractivity (Wildman–Crippen MR) is 85.2 cm³/mol. The van der Waals surface area contributed by atoms with E-state index in [1.54, 1.807) is 19.4 Å². The summed E-state index contributed by atoms with van der Waals surface area (Å²) in [5, 5.41) is 2.57. The molecule has 0 unspecified atom stereocenters. The number of anilines is 1. The van der Waals surface area contributed by atoms with E-state index in [2.05, 4.69) is 10.3 Å². The molecule has 1 heterocycles. The molecule has 6 heteroatoms. The number of hydrogen-bond acceptors (Lipinski definition) is 3.